The summed E-state index contributed by atoms with van der Waals surface area (Å²) in [6, 6.07) is 13.6. The molecule has 1 heterocycles. The van der Waals surface area contributed by atoms with Gasteiger partial charge in [0.1, 0.15) is 0 Å². The highest BCUT2D eigenvalue weighted by molar-refractivity contribution is 7.13. The predicted molar refractivity (Wildman–Crippen MR) is 105 cm³/mol. The van der Waals surface area contributed by atoms with Gasteiger partial charge in [0, 0.05) is 9.75 Å². The molecule has 0 aliphatic carbocycles. The van der Waals surface area contributed by atoms with Crippen molar-refractivity contribution in [3.05, 3.63) is 92.7 Å². The van der Waals surface area contributed by atoms with Crippen LogP contribution in [-0.4, -0.2) is 0 Å². The van der Waals surface area contributed by atoms with E-state index >= 15 is 0 Å². The lowest BCUT2D eigenvalue weighted by Gasteiger charge is -2.06. The smallest absolute Gasteiger partial charge is 0.166 e. The monoisotopic (exact) mass is 424 g/mol. The zero-order valence-electron chi connectivity index (χ0n) is 14.8. The van der Waals surface area contributed by atoms with E-state index < -0.39 is 23.5 Å². The summed E-state index contributed by atoms with van der Waals surface area (Å²) >= 11 is 1.37. The summed E-state index contributed by atoms with van der Waals surface area (Å²) in [7, 11) is 0. The molecular weight excluding hydrogens is 410 g/mol. The summed E-state index contributed by atoms with van der Waals surface area (Å²) in [6.07, 6.45) is -2.23. The van der Waals surface area contributed by atoms with E-state index in [-0.39, 0.29) is 0 Å². The predicted octanol–water partition coefficient (Wildman–Crippen LogP) is 8.13. The second-order valence-electron chi connectivity index (χ2n) is 6.15. The molecule has 0 bridgehead atoms. The van der Waals surface area contributed by atoms with Gasteiger partial charge in [-0.25, -0.2) is 0 Å². The van der Waals surface area contributed by atoms with E-state index in [9.17, 15) is 26.3 Å². The van der Waals surface area contributed by atoms with E-state index in [1.54, 1.807) is 48.6 Å². The molecule has 1 aromatic heterocycles. The quantitative estimate of drug-likeness (QED) is 0.371. The first-order chi connectivity index (χ1) is 13.6. The fourth-order valence-electron chi connectivity index (χ4n) is 2.54. The lowest BCUT2D eigenvalue weighted by Crippen LogP contribution is -2.04. The third-order valence-corrected chi connectivity index (χ3v) is 4.97. The normalized spacial score (nSPS) is 12.9. The summed E-state index contributed by atoms with van der Waals surface area (Å²) in [5.74, 6) is 0. The van der Waals surface area contributed by atoms with Crippen LogP contribution < -0.4 is 0 Å². The largest absolute Gasteiger partial charge is 0.416 e. The molecule has 0 unspecified atom stereocenters. The van der Waals surface area contributed by atoms with Crippen molar-refractivity contribution < 1.29 is 26.3 Å². The standard InChI is InChI=1S/C22H14F6S/c23-21(24,25)17-5-1-3-15(13-17)7-9-19-11-12-20(29-19)10-8-16-4-2-6-18(14-16)22(26,27)28/h1-14H/b9-7+,10-8+. The van der Waals surface area contributed by atoms with Crippen molar-refractivity contribution in [3.63, 3.8) is 0 Å². The number of benzene rings is 2. The zero-order chi connectivity index (χ0) is 21.1. The summed E-state index contributed by atoms with van der Waals surface area (Å²) in [4.78, 5) is 1.62. The Morgan fingerprint density at radius 2 is 0.966 bits per heavy atom. The van der Waals surface area contributed by atoms with Gasteiger partial charge in [0.25, 0.3) is 0 Å². The van der Waals surface area contributed by atoms with Gasteiger partial charge in [0.15, 0.2) is 0 Å². The topological polar surface area (TPSA) is 0 Å². The average molecular weight is 424 g/mol. The molecule has 0 saturated heterocycles. The van der Waals surface area contributed by atoms with E-state index in [4.69, 9.17) is 0 Å². The Balaban J connectivity index is 1.72. The first kappa shape index (κ1) is 20.9. The Labute approximate surface area is 167 Å². The second-order valence-corrected chi connectivity index (χ2v) is 7.30. The Kier molecular flexibility index (Phi) is 5.98. The molecule has 0 saturated carbocycles. The van der Waals surface area contributed by atoms with Crippen LogP contribution in [0.2, 0.25) is 0 Å². The van der Waals surface area contributed by atoms with Gasteiger partial charge < -0.3 is 0 Å². The maximum absolute atomic E-state index is 12.8. The maximum atomic E-state index is 12.8. The third kappa shape index (κ3) is 5.84. The zero-order valence-corrected chi connectivity index (χ0v) is 15.6. The molecule has 0 amide bonds. The van der Waals surface area contributed by atoms with Crippen molar-refractivity contribution in [2.75, 3.05) is 0 Å². The molecule has 0 fully saturated rings. The first-order valence-electron chi connectivity index (χ1n) is 8.42. The van der Waals surface area contributed by atoms with Crippen molar-refractivity contribution >= 4 is 35.6 Å². The van der Waals surface area contributed by atoms with Gasteiger partial charge in [-0.15, -0.1) is 11.3 Å². The van der Waals surface area contributed by atoms with Crippen LogP contribution in [0, 0.1) is 0 Å². The summed E-state index contributed by atoms with van der Waals surface area (Å²) in [5, 5.41) is 0. The minimum atomic E-state index is -4.39. The number of alkyl halides is 6. The highest BCUT2D eigenvalue weighted by atomic mass is 32.1. The Hall–Kier alpha value is -2.80. The fourth-order valence-corrected chi connectivity index (χ4v) is 3.36. The number of thiophene rings is 1. The SMILES string of the molecule is FC(F)(F)c1cccc(/C=C/c2ccc(/C=C/c3cccc(C(F)(F)F)c3)s2)c1. The number of rotatable bonds is 4. The van der Waals surface area contributed by atoms with Gasteiger partial charge in [-0.2, -0.15) is 26.3 Å². The van der Waals surface area contributed by atoms with Crippen molar-refractivity contribution in [2.24, 2.45) is 0 Å². The molecule has 0 N–H and O–H groups in total. The minimum absolute atomic E-state index is 0.425. The summed E-state index contributed by atoms with van der Waals surface area (Å²) in [6.45, 7) is 0. The molecule has 150 valence electrons. The van der Waals surface area contributed by atoms with Crippen LogP contribution in [-0.2, 0) is 12.4 Å². The van der Waals surface area contributed by atoms with Crippen molar-refractivity contribution in [2.45, 2.75) is 12.4 Å². The summed E-state index contributed by atoms with van der Waals surface area (Å²) < 4.78 is 76.5. The van der Waals surface area contributed by atoms with Crippen LogP contribution in [0.5, 0.6) is 0 Å². The van der Waals surface area contributed by atoms with Gasteiger partial charge in [-0.1, -0.05) is 36.4 Å². The Morgan fingerprint density at radius 1 is 0.552 bits per heavy atom. The lowest BCUT2D eigenvalue weighted by molar-refractivity contribution is -0.138. The van der Waals surface area contributed by atoms with Crippen LogP contribution in [0.3, 0.4) is 0 Å². The summed E-state index contributed by atoms with van der Waals surface area (Å²) in [5.41, 5.74) is -0.574. The molecule has 29 heavy (non-hydrogen) atoms. The first-order valence-corrected chi connectivity index (χ1v) is 9.23. The van der Waals surface area contributed by atoms with Crippen molar-refractivity contribution in [1.82, 2.24) is 0 Å². The van der Waals surface area contributed by atoms with Gasteiger partial charge >= 0.3 is 12.4 Å². The fraction of sp³-hybridized carbons (Fsp3) is 0.0909. The van der Waals surface area contributed by atoms with Crippen LogP contribution in [0.15, 0.2) is 60.7 Å². The highest BCUT2D eigenvalue weighted by Gasteiger charge is 2.30. The molecule has 7 heteroatoms. The molecule has 3 rings (SSSR count). The molecular formula is C22H14F6S. The second kappa shape index (κ2) is 8.29. The Bertz CT molecular complexity index is 956. The van der Waals surface area contributed by atoms with Crippen LogP contribution in [0.4, 0.5) is 26.3 Å². The van der Waals surface area contributed by atoms with E-state index in [0.717, 1.165) is 34.0 Å². The number of hydrogen-bond acceptors (Lipinski definition) is 1. The average Bonchev–Trinajstić information content (AvgIpc) is 3.12. The molecule has 3 aromatic rings. The third-order valence-electron chi connectivity index (χ3n) is 3.96. The van der Waals surface area contributed by atoms with Gasteiger partial charge in [-0.05, 0) is 59.7 Å². The van der Waals surface area contributed by atoms with Crippen molar-refractivity contribution in [3.8, 4) is 0 Å². The lowest BCUT2D eigenvalue weighted by atomic mass is 10.1. The van der Waals surface area contributed by atoms with Crippen LogP contribution in [0.25, 0.3) is 24.3 Å². The molecule has 0 aliphatic heterocycles. The molecule has 0 nitrogen and oxygen atoms in total. The van der Waals surface area contributed by atoms with Gasteiger partial charge in [0.05, 0.1) is 11.1 Å². The molecule has 2 aromatic carbocycles. The highest BCUT2D eigenvalue weighted by Crippen LogP contribution is 2.31. The van der Waals surface area contributed by atoms with Gasteiger partial charge in [0.2, 0.25) is 0 Å². The van der Waals surface area contributed by atoms with Gasteiger partial charge in [-0.3, -0.25) is 0 Å². The Morgan fingerprint density at radius 3 is 1.34 bits per heavy atom. The number of hydrogen-bond donors (Lipinski definition) is 0. The molecule has 0 spiro atoms. The maximum Gasteiger partial charge on any atom is 0.416 e. The molecule has 0 radical (unpaired) electrons. The van der Waals surface area contributed by atoms with E-state index in [0.29, 0.717) is 11.1 Å². The van der Waals surface area contributed by atoms with E-state index in [2.05, 4.69) is 0 Å². The molecule has 0 atom stereocenters. The number of halogens is 6. The van der Waals surface area contributed by atoms with Crippen LogP contribution in [0.1, 0.15) is 32.0 Å². The van der Waals surface area contributed by atoms with Crippen molar-refractivity contribution in [1.29, 1.82) is 0 Å². The minimum Gasteiger partial charge on any atom is -0.166 e. The van der Waals surface area contributed by atoms with E-state index in [1.807, 2.05) is 0 Å². The molecule has 0 aliphatic rings. The van der Waals surface area contributed by atoms with Crippen LogP contribution >= 0.6 is 11.3 Å². The van der Waals surface area contributed by atoms with E-state index in [1.165, 1.54) is 23.5 Å².